The quantitative estimate of drug-likeness (QED) is 0.852. The van der Waals surface area contributed by atoms with Crippen LogP contribution >= 0.6 is 0 Å². The van der Waals surface area contributed by atoms with Gasteiger partial charge in [-0.3, -0.25) is 0 Å². The third kappa shape index (κ3) is 2.23. The fourth-order valence-corrected chi connectivity index (χ4v) is 2.70. The smallest absolute Gasteiger partial charge is 0.391 e. The highest BCUT2D eigenvalue weighted by Crippen LogP contribution is 2.34. The van der Waals surface area contributed by atoms with Gasteiger partial charge in [0.1, 0.15) is 0 Å². The highest BCUT2D eigenvalue weighted by Gasteiger charge is 2.48. The molecule has 0 spiro atoms. The summed E-state index contributed by atoms with van der Waals surface area (Å²) in [5, 5.41) is 9.65. The minimum Gasteiger partial charge on any atom is -0.391 e. The monoisotopic (exact) mass is 281 g/mol. The molecule has 0 aliphatic heterocycles. The minimum absolute atomic E-state index is 0.126. The van der Waals surface area contributed by atoms with Crippen LogP contribution in [-0.2, 0) is 16.4 Å². The summed E-state index contributed by atoms with van der Waals surface area (Å²) in [6.07, 6.45) is -1.07. The lowest BCUT2D eigenvalue weighted by Crippen LogP contribution is -2.41. The van der Waals surface area contributed by atoms with Gasteiger partial charge in [-0.15, -0.1) is 0 Å². The molecule has 1 aromatic carbocycles. The Morgan fingerprint density at radius 3 is 2.50 bits per heavy atom. The van der Waals surface area contributed by atoms with E-state index in [2.05, 4.69) is 0 Å². The van der Waals surface area contributed by atoms with Crippen LogP contribution in [0, 0.1) is 0 Å². The van der Waals surface area contributed by atoms with Crippen LogP contribution in [0.1, 0.15) is 17.2 Å². The number of alkyl halides is 3. The molecule has 0 heterocycles. The summed E-state index contributed by atoms with van der Waals surface area (Å²) >= 11 is 0. The van der Waals surface area contributed by atoms with Gasteiger partial charge in [-0.25, -0.2) is 8.42 Å². The molecule has 0 saturated carbocycles. The van der Waals surface area contributed by atoms with E-state index in [1.807, 2.05) is 0 Å². The number of fused-ring (bicyclic) bond motifs is 1. The van der Waals surface area contributed by atoms with E-state index in [9.17, 15) is 26.7 Å². The molecule has 2 atom stereocenters. The van der Waals surface area contributed by atoms with Gasteiger partial charge in [0, 0.05) is 6.42 Å². The van der Waals surface area contributed by atoms with E-state index in [0.29, 0.717) is 11.1 Å². The molecule has 1 aliphatic rings. The highest BCUT2D eigenvalue weighted by molar-refractivity contribution is 7.90. The largest absolute Gasteiger partial charge is 0.511 e. The molecule has 2 N–H and O–H groups in total. The molecule has 100 valence electrons. The maximum absolute atomic E-state index is 12.3. The minimum atomic E-state index is -5.47. The van der Waals surface area contributed by atoms with Crippen molar-refractivity contribution in [3.05, 3.63) is 35.4 Å². The van der Waals surface area contributed by atoms with Gasteiger partial charge < -0.3 is 5.11 Å². The van der Waals surface area contributed by atoms with Crippen LogP contribution in [0.5, 0.6) is 0 Å². The predicted molar refractivity (Wildman–Crippen MR) is 57.0 cm³/mol. The maximum Gasteiger partial charge on any atom is 0.511 e. The molecular formula is C10H10F3NO3S. The molecular weight excluding hydrogens is 271 g/mol. The SMILES string of the molecule is O=S(=O)(NC1c2ccccc2CC1O)C(F)(F)F. The first-order valence-electron chi connectivity index (χ1n) is 5.07. The van der Waals surface area contributed by atoms with Gasteiger partial charge in [-0.05, 0) is 11.1 Å². The van der Waals surface area contributed by atoms with Crippen LogP contribution in [0.3, 0.4) is 0 Å². The lowest BCUT2D eigenvalue weighted by Gasteiger charge is -2.18. The van der Waals surface area contributed by atoms with Crippen molar-refractivity contribution >= 4 is 10.0 Å². The topological polar surface area (TPSA) is 66.4 Å². The van der Waals surface area contributed by atoms with E-state index < -0.39 is 27.7 Å². The summed E-state index contributed by atoms with van der Waals surface area (Å²) in [5.74, 6) is 0. The van der Waals surface area contributed by atoms with Gasteiger partial charge in [0.2, 0.25) is 0 Å². The molecule has 0 radical (unpaired) electrons. The van der Waals surface area contributed by atoms with Gasteiger partial charge in [0.25, 0.3) is 0 Å². The average Bonchev–Trinajstić information content (AvgIpc) is 2.54. The Balaban J connectivity index is 2.31. The summed E-state index contributed by atoms with van der Waals surface area (Å²) in [4.78, 5) is 0. The highest BCUT2D eigenvalue weighted by atomic mass is 32.2. The first-order valence-corrected chi connectivity index (χ1v) is 6.55. The molecule has 1 aliphatic carbocycles. The van der Waals surface area contributed by atoms with Gasteiger partial charge in [0.05, 0.1) is 12.1 Å². The molecule has 0 bridgehead atoms. The third-order valence-corrected chi connectivity index (χ3v) is 3.96. The van der Waals surface area contributed by atoms with Crippen molar-refractivity contribution in [1.29, 1.82) is 0 Å². The van der Waals surface area contributed by atoms with Crippen molar-refractivity contribution < 1.29 is 26.7 Å². The summed E-state index contributed by atoms with van der Waals surface area (Å²) in [7, 11) is -5.47. The van der Waals surface area contributed by atoms with E-state index in [4.69, 9.17) is 0 Å². The first kappa shape index (κ1) is 13.3. The van der Waals surface area contributed by atoms with E-state index in [1.165, 1.54) is 10.8 Å². The second-order valence-electron chi connectivity index (χ2n) is 4.01. The van der Waals surface area contributed by atoms with Gasteiger partial charge in [-0.1, -0.05) is 24.3 Å². The summed E-state index contributed by atoms with van der Waals surface area (Å²) in [6.45, 7) is 0. The van der Waals surface area contributed by atoms with E-state index in [1.54, 1.807) is 18.2 Å². The summed E-state index contributed by atoms with van der Waals surface area (Å²) in [5.41, 5.74) is -4.37. The second-order valence-corrected chi connectivity index (χ2v) is 5.72. The molecule has 18 heavy (non-hydrogen) atoms. The van der Waals surface area contributed by atoms with Crippen LogP contribution < -0.4 is 4.72 Å². The molecule has 2 unspecified atom stereocenters. The number of aliphatic hydroxyl groups is 1. The molecule has 0 aromatic heterocycles. The number of benzene rings is 1. The number of nitrogens with one attached hydrogen (secondary N) is 1. The van der Waals surface area contributed by atoms with Crippen molar-refractivity contribution in [2.45, 2.75) is 24.1 Å². The number of hydrogen-bond acceptors (Lipinski definition) is 3. The van der Waals surface area contributed by atoms with Gasteiger partial charge in [-0.2, -0.15) is 17.9 Å². The molecule has 2 rings (SSSR count). The van der Waals surface area contributed by atoms with E-state index >= 15 is 0 Å². The molecule has 4 nitrogen and oxygen atoms in total. The van der Waals surface area contributed by atoms with Crippen LogP contribution in [0.2, 0.25) is 0 Å². The molecule has 0 saturated heterocycles. The lowest BCUT2D eigenvalue weighted by atomic mass is 10.1. The average molecular weight is 281 g/mol. The Morgan fingerprint density at radius 2 is 1.89 bits per heavy atom. The Labute approximate surface area is 101 Å². The van der Waals surface area contributed by atoms with E-state index in [0.717, 1.165) is 0 Å². The number of sulfonamides is 1. The maximum atomic E-state index is 12.3. The number of hydrogen-bond donors (Lipinski definition) is 2. The zero-order valence-electron chi connectivity index (χ0n) is 8.98. The molecule has 8 heteroatoms. The van der Waals surface area contributed by atoms with Crippen LogP contribution in [0.15, 0.2) is 24.3 Å². The summed E-state index contributed by atoms with van der Waals surface area (Å²) < 4.78 is 60.3. The van der Waals surface area contributed by atoms with Crippen LogP contribution in [0.4, 0.5) is 13.2 Å². The zero-order valence-corrected chi connectivity index (χ0v) is 9.79. The van der Waals surface area contributed by atoms with Gasteiger partial charge in [0.15, 0.2) is 0 Å². The predicted octanol–water partition coefficient (Wildman–Crippen LogP) is 1.08. The Morgan fingerprint density at radius 1 is 1.28 bits per heavy atom. The number of halogens is 3. The van der Waals surface area contributed by atoms with Crippen molar-refractivity contribution in [3.63, 3.8) is 0 Å². The lowest BCUT2D eigenvalue weighted by molar-refractivity contribution is -0.0455. The van der Waals surface area contributed by atoms with Crippen molar-refractivity contribution in [2.24, 2.45) is 0 Å². The Kier molecular flexibility index (Phi) is 3.12. The zero-order chi connectivity index (χ0) is 13.6. The van der Waals surface area contributed by atoms with Crippen molar-refractivity contribution in [3.8, 4) is 0 Å². The fourth-order valence-electron chi connectivity index (χ4n) is 1.95. The Hall–Kier alpha value is -1.12. The van der Waals surface area contributed by atoms with Crippen LogP contribution in [0.25, 0.3) is 0 Å². The Bertz CT molecular complexity index is 556. The fraction of sp³-hybridized carbons (Fsp3) is 0.400. The number of aliphatic hydroxyl groups excluding tert-OH is 1. The third-order valence-electron chi connectivity index (χ3n) is 2.79. The standard InChI is InChI=1S/C10H10F3NO3S/c11-10(12,13)18(16,17)14-9-7-4-2-1-3-6(7)5-8(9)15/h1-4,8-9,14-15H,5H2. The van der Waals surface area contributed by atoms with Crippen LogP contribution in [-0.4, -0.2) is 25.1 Å². The summed E-state index contributed by atoms with van der Waals surface area (Å²) in [6, 6.07) is 5.13. The molecule has 0 fully saturated rings. The van der Waals surface area contributed by atoms with Crippen molar-refractivity contribution in [1.82, 2.24) is 4.72 Å². The normalized spacial score (nSPS) is 24.0. The van der Waals surface area contributed by atoms with E-state index in [-0.39, 0.29) is 6.42 Å². The first-order chi connectivity index (χ1) is 8.22. The molecule has 1 aromatic rings. The van der Waals surface area contributed by atoms with Gasteiger partial charge >= 0.3 is 15.5 Å². The van der Waals surface area contributed by atoms with Crippen molar-refractivity contribution in [2.75, 3.05) is 0 Å². The molecule has 0 amide bonds. The second kappa shape index (κ2) is 4.22. The number of rotatable bonds is 2.